The van der Waals surface area contributed by atoms with Crippen LogP contribution in [0.2, 0.25) is 66.1 Å². The summed E-state index contributed by atoms with van der Waals surface area (Å²) >= 11 is 86.5. The average molecular weight is 2180 g/mol. The Morgan fingerprint density at radius 1 is 0.254 bits per heavy atom. The zero-order valence-electron chi connectivity index (χ0n) is 66.5. The summed E-state index contributed by atoms with van der Waals surface area (Å²) in [5.74, 6) is -7.46. The highest BCUT2D eigenvalue weighted by atomic mass is 79.9. The van der Waals surface area contributed by atoms with Crippen molar-refractivity contribution in [2.45, 2.75) is 83.1 Å². The maximum Gasteiger partial charge on any atom is 0.277 e. The van der Waals surface area contributed by atoms with Gasteiger partial charge >= 0.3 is 0 Å². The summed E-state index contributed by atoms with van der Waals surface area (Å²) in [5.41, 5.74) is 6.41. The number of anilines is 6. The molecule has 0 radical (unpaired) electrons. The number of nitrogens with zero attached hydrogens (tertiary/aromatic N) is 12. The molecular formula is C78H60Br3Cl13F2N18O12. The number of carbonyl (C=O) groups is 12. The molecule has 0 unspecified atom stereocenters. The highest BCUT2D eigenvalue weighted by molar-refractivity contribution is 9.11. The molecule has 12 rings (SSSR count). The second-order valence-corrected chi connectivity index (χ2v) is 33.2. The lowest BCUT2D eigenvalue weighted by molar-refractivity contribution is 0.0910. The summed E-state index contributed by atoms with van der Waals surface area (Å²) in [7, 11) is 0. The summed E-state index contributed by atoms with van der Waals surface area (Å²) in [6.07, 6.45) is 0. The Morgan fingerprint density at radius 2 is 0.413 bits per heavy atom. The summed E-state index contributed by atoms with van der Waals surface area (Å²) < 4.78 is 33.3. The van der Waals surface area contributed by atoms with Crippen LogP contribution in [0.5, 0.6) is 0 Å². The predicted molar refractivity (Wildman–Crippen MR) is 494 cm³/mol. The van der Waals surface area contributed by atoms with E-state index in [2.05, 4.69) is 110 Å². The van der Waals surface area contributed by atoms with Gasteiger partial charge in [0.1, 0.15) is 26.7 Å². The van der Waals surface area contributed by atoms with Crippen molar-refractivity contribution in [1.82, 2.24) is 58.7 Å². The molecule has 0 bridgehead atoms. The number of rotatable bonds is 12. The van der Waals surface area contributed by atoms with Gasteiger partial charge in [-0.1, -0.05) is 187 Å². The molecule has 12 aromatic rings. The van der Waals surface area contributed by atoms with Crippen molar-refractivity contribution in [3.8, 4) is 0 Å². The summed E-state index contributed by atoms with van der Waals surface area (Å²) in [6.45, 7) is 18.6. The molecule has 0 aliphatic heterocycles. The lowest BCUT2D eigenvalue weighted by atomic mass is 10.2. The van der Waals surface area contributed by atoms with Crippen LogP contribution in [0.4, 0.5) is 42.9 Å². The number of halogens is 18. The zero-order chi connectivity index (χ0) is 94.4. The van der Waals surface area contributed by atoms with Gasteiger partial charge in [-0.3, -0.25) is 57.5 Å². The van der Waals surface area contributed by atoms with Gasteiger partial charge in [-0.25, -0.2) is 8.78 Å². The van der Waals surface area contributed by atoms with E-state index in [1.807, 2.05) is 39.8 Å². The Labute approximate surface area is 804 Å². The minimum absolute atomic E-state index is 0.00633. The monoisotopic (exact) mass is 2170 g/mol. The molecule has 6 amide bonds. The Balaban J connectivity index is 0.000000207. The Bertz CT molecular complexity index is 5440. The Hall–Kier alpha value is -9.51. The summed E-state index contributed by atoms with van der Waals surface area (Å²) in [4.78, 5) is 141. The van der Waals surface area contributed by atoms with Crippen LogP contribution in [0.3, 0.4) is 0 Å². The van der Waals surface area contributed by atoms with Gasteiger partial charge in [0.15, 0.2) is 65.1 Å². The molecule has 0 fully saturated rings. The molecule has 6 aromatic heterocycles. The number of nitrogens with one attached hydrogen (secondary N) is 6. The maximum atomic E-state index is 13.7. The molecule has 6 N–H and O–H groups in total. The van der Waals surface area contributed by atoms with Crippen molar-refractivity contribution in [1.29, 1.82) is 0 Å². The standard InChI is InChI=1S/2C13H10BrCl2N3O2.C13H10BrClFN3O2.2C13H10Cl3N3O2.C13H10Cl2FN3O2/c2*1-6-3-4-9(8(15)5-6)17-13(21)11-10(14)12(16)19(18-11)7(2)20;1-6-3-4-9(8(16)5-6)17-13(21)11-10(14)12(15)19(18-11)7(2)20;2*1-6-3-4-9(8(14)5-6)17-13(21)11-10(15)12(16)19(18-11)7(2)20;1-6-3-4-9(8(16)5-6)17-13(21)11-10(14)12(15)19(18-11)7(2)20/h6*3-5H,1-2H3,(H,17,21). The van der Waals surface area contributed by atoms with Gasteiger partial charge in [-0.15, -0.1) is 0 Å². The zero-order valence-corrected chi connectivity index (χ0v) is 81.0. The summed E-state index contributed by atoms with van der Waals surface area (Å²) in [5, 5.41) is 39.0. The van der Waals surface area contributed by atoms with E-state index in [-0.39, 0.29) is 105 Å². The second-order valence-electron chi connectivity index (χ2n) is 25.9. The van der Waals surface area contributed by atoms with Crippen molar-refractivity contribution in [3.05, 3.63) is 268 Å². The molecule has 30 nitrogen and oxygen atoms in total. The van der Waals surface area contributed by atoms with Crippen molar-refractivity contribution in [3.63, 3.8) is 0 Å². The lowest BCUT2D eigenvalue weighted by Crippen LogP contribution is -2.16. The minimum atomic E-state index is -0.760. The molecule has 0 spiro atoms. The van der Waals surface area contributed by atoms with E-state index in [9.17, 15) is 66.3 Å². The molecule has 6 heterocycles. The number of hydrogen-bond donors (Lipinski definition) is 6. The van der Waals surface area contributed by atoms with Crippen molar-refractivity contribution < 1.29 is 66.3 Å². The van der Waals surface area contributed by atoms with Crippen LogP contribution in [0, 0.1) is 53.2 Å². The third kappa shape index (κ3) is 26.4. The molecule has 126 heavy (non-hydrogen) atoms. The first kappa shape index (κ1) is 104. The first-order valence-electron chi connectivity index (χ1n) is 35.0. The molecule has 48 heteroatoms. The third-order valence-corrected chi connectivity index (χ3v) is 23.6. The van der Waals surface area contributed by atoms with Crippen LogP contribution in [-0.4, -0.2) is 130 Å². The van der Waals surface area contributed by atoms with Crippen LogP contribution in [-0.2, 0) is 0 Å². The topological polar surface area (TPSA) is 384 Å². The van der Waals surface area contributed by atoms with Gasteiger partial charge in [0, 0.05) is 41.5 Å². The van der Waals surface area contributed by atoms with Crippen LogP contribution >= 0.6 is 199 Å². The molecule has 0 aliphatic carbocycles. The number of aromatic nitrogens is 12. The molecular weight excluding hydrogens is 2120 g/mol. The number of benzene rings is 6. The van der Waals surface area contributed by atoms with E-state index in [4.69, 9.17) is 151 Å². The van der Waals surface area contributed by atoms with Gasteiger partial charge in [0.05, 0.1) is 67.6 Å². The normalized spacial score (nSPS) is 10.5. The van der Waals surface area contributed by atoms with Crippen molar-refractivity contribution >= 4 is 304 Å². The number of aryl methyl sites for hydroxylation is 6. The SMILES string of the molecule is CC(=O)n1nc(C(=O)Nc2ccc(C)cc2Cl)c(Br)c1Cl.CC(=O)n1nc(C(=O)Nc2ccc(C)cc2Cl)c(Br)c1Cl.CC(=O)n1nc(C(=O)Nc2ccc(C)cc2Cl)c(Cl)c1Cl.CC(=O)n1nc(C(=O)Nc2ccc(C)cc2Cl)c(Cl)c1Cl.CC(=O)n1nc(C(=O)Nc2ccc(C)cc2F)c(Br)c1Cl.CC(=O)n1nc(C(=O)Nc2ccc(C)cc2F)c(Cl)c1Cl. The Morgan fingerprint density at radius 3 is 0.579 bits per heavy atom. The van der Waals surface area contributed by atoms with Crippen molar-refractivity contribution in [2.75, 3.05) is 31.9 Å². The van der Waals surface area contributed by atoms with Crippen LogP contribution in [0.15, 0.2) is 123 Å². The minimum Gasteiger partial charge on any atom is -0.319 e. The van der Waals surface area contributed by atoms with Gasteiger partial charge in [-0.05, 0) is 196 Å². The van der Waals surface area contributed by atoms with E-state index >= 15 is 0 Å². The van der Waals surface area contributed by atoms with Crippen LogP contribution in [0.1, 0.15) is 167 Å². The average Bonchev–Trinajstić information content (AvgIpc) is 1.68. The van der Waals surface area contributed by atoms with E-state index in [1.165, 1.54) is 65.8 Å². The van der Waals surface area contributed by atoms with Gasteiger partial charge < -0.3 is 31.9 Å². The van der Waals surface area contributed by atoms with Crippen LogP contribution in [0.25, 0.3) is 0 Å². The van der Waals surface area contributed by atoms with E-state index in [1.54, 1.807) is 86.6 Å². The van der Waals surface area contributed by atoms with Gasteiger partial charge in [0.2, 0.25) is 35.4 Å². The molecule has 0 saturated heterocycles. The smallest absolute Gasteiger partial charge is 0.277 e. The lowest BCUT2D eigenvalue weighted by Gasteiger charge is -2.06. The van der Waals surface area contributed by atoms with Gasteiger partial charge in [-0.2, -0.15) is 58.7 Å². The molecule has 0 saturated carbocycles. The number of hydrogen-bond acceptors (Lipinski definition) is 18. The van der Waals surface area contributed by atoms with Crippen LogP contribution < -0.4 is 31.9 Å². The molecule has 660 valence electrons. The Kier molecular flexibility index (Phi) is 37.4. The van der Waals surface area contributed by atoms with E-state index in [0.717, 1.165) is 55.9 Å². The quantitative estimate of drug-likeness (QED) is 0.0661. The van der Waals surface area contributed by atoms with Gasteiger partial charge in [0.25, 0.3) is 35.4 Å². The number of carbonyl (C=O) groups excluding carboxylic acids is 12. The highest BCUT2D eigenvalue weighted by Crippen LogP contribution is 2.36. The maximum absolute atomic E-state index is 13.7. The first-order valence-corrected chi connectivity index (χ1v) is 42.3. The summed E-state index contributed by atoms with van der Waals surface area (Å²) in [6, 6.07) is 29.5. The fourth-order valence-corrected chi connectivity index (χ4v) is 14.3. The fraction of sp³-hybridized carbons (Fsp3) is 0.154. The molecule has 0 aliphatic rings. The molecule has 6 aromatic carbocycles. The van der Waals surface area contributed by atoms with Crippen molar-refractivity contribution in [2.24, 2.45) is 0 Å². The highest BCUT2D eigenvalue weighted by Gasteiger charge is 2.30. The number of amides is 6. The first-order chi connectivity index (χ1) is 58.8. The largest absolute Gasteiger partial charge is 0.319 e. The third-order valence-electron chi connectivity index (χ3n) is 16.0. The molecule has 0 atom stereocenters. The van der Waals surface area contributed by atoms with E-state index < -0.39 is 82.5 Å². The predicted octanol–water partition coefficient (Wildman–Crippen LogP) is 23.7. The van der Waals surface area contributed by atoms with E-state index in [0.29, 0.717) is 48.4 Å². The fourth-order valence-electron chi connectivity index (χ4n) is 9.81. The second kappa shape index (κ2) is 45.5.